The minimum absolute atomic E-state index is 0.0806. The highest BCUT2D eigenvalue weighted by Gasteiger charge is 2.15. The van der Waals surface area contributed by atoms with E-state index in [1.54, 1.807) is 0 Å². The van der Waals surface area contributed by atoms with Gasteiger partial charge in [0.25, 0.3) is 0 Å². The Hall–Kier alpha value is -1.49. The standard InChI is InChI=1S/C14H18F2N2O/c15-11-6-5-10(13(16)7-11)8-18-14(19)9-17-12-3-1-2-4-12/h5-7,12,17H,1-4,8-9H2,(H,18,19). The third-order valence-electron chi connectivity index (χ3n) is 3.40. The van der Waals surface area contributed by atoms with Crippen molar-refractivity contribution in [3.05, 3.63) is 35.4 Å². The van der Waals surface area contributed by atoms with Crippen molar-refractivity contribution in [3.8, 4) is 0 Å². The zero-order valence-electron chi connectivity index (χ0n) is 10.7. The summed E-state index contributed by atoms with van der Waals surface area (Å²) in [7, 11) is 0. The van der Waals surface area contributed by atoms with Gasteiger partial charge in [0.1, 0.15) is 11.6 Å². The van der Waals surface area contributed by atoms with Gasteiger partial charge in [-0.2, -0.15) is 0 Å². The molecule has 0 saturated heterocycles. The van der Waals surface area contributed by atoms with E-state index in [0.29, 0.717) is 6.04 Å². The molecule has 0 atom stereocenters. The molecule has 0 radical (unpaired) electrons. The second-order valence-corrected chi connectivity index (χ2v) is 4.87. The van der Waals surface area contributed by atoms with Gasteiger partial charge < -0.3 is 10.6 Å². The summed E-state index contributed by atoms with van der Waals surface area (Å²) < 4.78 is 26.0. The van der Waals surface area contributed by atoms with E-state index in [4.69, 9.17) is 0 Å². The molecule has 1 fully saturated rings. The first-order valence-electron chi connectivity index (χ1n) is 6.59. The molecule has 1 aromatic rings. The summed E-state index contributed by atoms with van der Waals surface area (Å²) in [4.78, 5) is 11.6. The lowest BCUT2D eigenvalue weighted by Gasteiger charge is -2.12. The Morgan fingerprint density at radius 2 is 2.00 bits per heavy atom. The Morgan fingerprint density at radius 3 is 2.68 bits per heavy atom. The predicted octanol–water partition coefficient (Wildman–Crippen LogP) is 2.11. The number of halogens is 2. The number of carbonyl (C=O) groups is 1. The highest BCUT2D eigenvalue weighted by atomic mass is 19.1. The van der Waals surface area contributed by atoms with Gasteiger partial charge in [0.05, 0.1) is 6.54 Å². The fourth-order valence-corrected chi connectivity index (χ4v) is 2.29. The smallest absolute Gasteiger partial charge is 0.234 e. The molecule has 19 heavy (non-hydrogen) atoms. The molecule has 5 heteroatoms. The van der Waals surface area contributed by atoms with Crippen LogP contribution >= 0.6 is 0 Å². The number of hydrogen-bond donors (Lipinski definition) is 2. The van der Waals surface area contributed by atoms with Gasteiger partial charge in [0.15, 0.2) is 0 Å². The summed E-state index contributed by atoms with van der Waals surface area (Å²) in [6.07, 6.45) is 4.64. The number of benzene rings is 1. The largest absolute Gasteiger partial charge is 0.351 e. The summed E-state index contributed by atoms with van der Waals surface area (Å²) in [5.74, 6) is -1.42. The summed E-state index contributed by atoms with van der Waals surface area (Å²) in [6, 6.07) is 3.77. The van der Waals surface area contributed by atoms with E-state index in [-0.39, 0.29) is 24.6 Å². The lowest BCUT2D eigenvalue weighted by atomic mass is 10.2. The van der Waals surface area contributed by atoms with Crippen LogP contribution in [0.15, 0.2) is 18.2 Å². The second kappa shape index (κ2) is 6.61. The molecule has 0 unspecified atom stereocenters. The van der Waals surface area contributed by atoms with Gasteiger partial charge in [-0.15, -0.1) is 0 Å². The first-order valence-corrected chi connectivity index (χ1v) is 6.59. The van der Waals surface area contributed by atoms with Crippen molar-refractivity contribution in [2.24, 2.45) is 0 Å². The molecule has 3 nitrogen and oxygen atoms in total. The molecule has 1 aliphatic carbocycles. The average Bonchev–Trinajstić information content (AvgIpc) is 2.88. The van der Waals surface area contributed by atoms with Crippen LogP contribution in [0.25, 0.3) is 0 Å². The van der Waals surface area contributed by atoms with Crippen molar-refractivity contribution in [3.63, 3.8) is 0 Å². The van der Waals surface area contributed by atoms with Gasteiger partial charge in [0, 0.05) is 24.2 Å². The highest BCUT2D eigenvalue weighted by molar-refractivity contribution is 5.78. The fraction of sp³-hybridized carbons (Fsp3) is 0.500. The Morgan fingerprint density at radius 1 is 1.26 bits per heavy atom. The first-order chi connectivity index (χ1) is 9.15. The predicted molar refractivity (Wildman–Crippen MR) is 68.5 cm³/mol. The minimum atomic E-state index is -0.635. The maximum atomic E-state index is 13.3. The summed E-state index contributed by atoms with van der Waals surface area (Å²) in [5, 5.41) is 5.79. The van der Waals surface area contributed by atoms with E-state index in [1.807, 2.05) is 0 Å². The molecule has 2 rings (SSSR count). The molecule has 2 N–H and O–H groups in total. The van der Waals surface area contributed by atoms with E-state index in [0.717, 1.165) is 18.9 Å². The topological polar surface area (TPSA) is 41.1 Å². The summed E-state index contributed by atoms with van der Waals surface area (Å²) in [5.41, 5.74) is 0.288. The molecule has 0 spiro atoms. The monoisotopic (exact) mass is 268 g/mol. The molecule has 0 bridgehead atoms. The van der Waals surface area contributed by atoms with Crippen LogP contribution in [0.2, 0.25) is 0 Å². The third kappa shape index (κ3) is 4.28. The third-order valence-corrected chi connectivity index (χ3v) is 3.40. The second-order valence-electron chi connectivity index (χ2n) is 4.87. The Labute approximate surface area is 111 Å². The Balaban J connectivity index is 1.73. The lowest BCUT2D eigenvalue weighted by molar-refractivity contribution is -0.120. The van der Waals surface area contributed by atoms with Gasteiger partial charge in [0.2, 0.25) is 5.91 Å². The van der Waals surface area contributed by atoms with Crippen LogP contribution < -0.4 is 10.6 Å². The Bertz CT molecular complexity index is 445. The molecular weight excluding hydrogens is 250 g/mol. The van der Waals surface area contributed by atoms with Crippen LogP contribution in [0.3, 0.4) is 0 Å². The van der Waals surface area contributed by atoms with Gasteiger partial charge in [-0.25, -0.2) is 8.78 Å². The quantitative estimate of drug-likeness (QED) is 0.858. The first kappa shape index (κ1) is 13.9. The van der Waals surface area contributed by atoms with Crippen molar-refractivity contribution in [2.45, 2.75) is 38.3 Å². The van der Waals surface area contributed by atoms with Gasteiger partial charge in [-0.3, -0.25) is 4.79 Å². The Kier molecular flexibility index (Phi) is 4.85. The van der Waals surface area contributed by atoms with Crippen molar-refractivity contribution in [2.75, 3.05) is 6.54 Å². The summed E-state index contributed by atoms with van der Waals surface area (Å²) in [6.45, 7) is 0.324. The van der Waals surface area contributed by atoms with Crippen LogP contribution in [0, 0.1) is 11.6 Å². The van der Waals surface area contributed by atoms with E-state index in [1.165, 1.54) is 25.0 Å². The van der Waals surface area contributed by atoms with Crippen LogP contribution in [-0.2, 0) is 11.3 Å². The number of amides is 1. The van der Waals surface area contributed by atoms with Crippen molar-refractivity contribution < 1.29 is 13.6 Å². The van der Waals surface area contributed by atoms with E-state index in [9.17, 15) is 13.6 Å². The molecule has 1 saturated carbocycles. The van der Waals surface area contributed by atoms with Gasteiger partial charge in [-0.05, 0) is 18.9 Å². The molecule has 104 valence electrons. The van der Waals surface area contributed by atoms with Crippen molar-refractivity contribution in [1.29, 1.82) is 0 Å². The van der Waals surface area contributed by atoms with Crippen molar-refractivity contribution in [1.82, 2.24) is 10.6 Å². The maximum Gasteiger partial charge on any atom is 0.234 e. The van der Waals surface area contributed by atoms with Crippen LogP contribution in [0.1, 0.15) is 31.2 Å². The zero-order valence-corrected chi connectivity index (χ0v) is 10.7. The molecular formula is C14H18F2N2O. The number of hydrogen-bond acceptors (Lipinski definition) is 2. The van der Waals surface area contributed by atoms with Gasteiger partial charge in [-0.1, -0.05) is 18.9 Å². The van der Waals surface area contributed by atoms with Crippen LogP contribution in [-0.4, -0.2) is 18.5 Å². The van der Waals surface area contributed by atoms with Crippen molar-refractivity contribution >= 4 is 5.91 Å². The molecule has 1 amide bonds. The van der Waals surface area contributed by atoms with E-state index in [2.05, 4.69) is 10.6 Å². The summed E-state index contributed by atoms with van der Waals surface area (Å²) >= 11 is 0. The van der Waals surface area contributed by atoms with Gasteiger partial charge >= 0.3 is 0 Å². The highest BCUT2D eigenvalue weighted by Crippen LogP contribution is 2.17. The normalized spacial score (nSPS) is 15.7. The van der Waals surface area contributed by atoms with Crippen LogP contribution in [0.4, 0.5) is 8.78 Å². The number of rotatable bonds is 5. The van der Waals surface area contributed by atoms with E-state index < -0.39 is 11.6 Å². The van der Waals surface area contributed by atoms with Crippen LogP contribution in [0.5, 0.6) is 0 Å². The zero-order chi connectivity index (χ0) is 13.7. The molecule has 0 heterocycles. The SMILES string of the molecule is O=C(CNC1CCCC1)NCc1ccc(F)cc1F. The molecule has 0 aromatic heterocycles. The van der Waals surface area contributed by atoms with E-state index >= 15 is 0 Å². The molecule has 1 aliphatic rings. The average molecular weight is 268 g/mol. The maximum absolute atomic E-state index is 13.3. The fourth-order valence-electron chi connectivity index (χ4n) is 2.29. The minimum Gasteiger partial charge on any atom is -0.351 e. The molecule has 0 aliphatic heterocycles. The number of nitrogens with one attached hydrogen (secondary N) is 2. The number of carbonyl (C=O) groups excluding carboxylic acids is 1. The lowest BCUT2D eigenvalue weighted by Crippen LogP contribution is -2.37. The molecule has 1 aromatic carbocycles.